The van der Waals surface area contributed by atoms with Gasteiger partial charge in [-0.25, -0.2) is 0 Å². The predicted octanol–water partition coefficient (Wildman–Crippen LogP) is 4.92. The topological polar surface area (TPSA) is 26.0 Å². The Hall–Kier alpha value is -1.68. The van der Waals surface area contributed by atoms with Gasteiger partial charge in [0.2, 0.25) is 0 Å². The summed E-state index contributed by atoms with van der Waals surface area (Å²) in [4.78, 5) is 0. The molecular formula is C14H11ClF3N. The van der Waals surface area contributed by atoms with Crippen LogP contribution in [0.4, 0.5) is 18.9 Å². The molecule has 0 heterocycles. The molecule has 0 saturated heterocycles. The summed E-state index contributed by atoms with van der Waals surface area (Å²) in [6.45, 7) is 1.79. The lowest BCUT2D eigenvalue weighted by atomic mass is 9.98. The number of benzene rings is 2. The van der Waals surface area contributed by atoms with Crippen LogP contribution in [0.25, 0.3) is 11.1 Å². The Morgan fingerprint density at radius 3 is 2.32 bits per heavy atom. The van der Waals surface area contributed by atoms with Crippen LogP contribution in [-0.2, 0) is 6.18 Å². The van der Waals surface area contributed by atoms with Gasteiger partial charge < -0.3 is 5.73 Å². The SMILES string of the molecule is Cc1cc(Cl)ccc1-c1cc(N)cc(C(F)(F)F)c1. The van der Waals surface area contributed by atoms with Crippen molar-refractivity contribution in [3.05, 3.63) is 52.5 Å². The first kappa shape index (κ1) is 13.7. The van der Waals surface area contributed by atoms with E-state index in [0.717, 1.165) is 17.7 Å². The first-order chi connectivity index (χ1) is 8.77. The van der Waals surface area contributed by atoms with Crippen molar-refractivity contribution in [1.82, 2.24) is 0 Å². The van der Waals surface area contributed by atoms with E-state index in [1.165, 1.54) is 6.07 Å². The molecule has 0 aliphatic heterocycles. The Morgan fingerprint density at radius 1 is 1.05 bits per heavy atom. The molecule has 2 aromatic carbocycles. The quantitative estimate of drug-likeness (QED) is 0.740. The molecule has 1 nitrogen and oxygen atoms in total. The van der Waals surface area contributed by atoms with Crippen molar-refractivity contribution >= 4 is 17.3 Å². The average molecular weight is 286 g/mol. The Kier molecular flexibility index (Phi) is 3.45. The highest BCUT2D eigenvalue weighted by atomic mass is 35.5. The number of rotatable bonds is 1. The summed E-state index contributed by atoms with van der Waals surface area (Å²) in [5.41, 5.74) is 6.79. The molecular weight excluding hydrogens is 275 g/mol. The number of hydrogen-bond donors (Lipinski definition) is 1. The van der Waals surface area contributed by atoms with Crippen LogP contribution in [0.2, 0.25) is 5.02 Å². The van der Waals surface area contributed by atoms with E-state index < -0.39 is 11.7 Å². The second-order valence-electron chi connectivity index (χ2n) is 4.30. The van der Waals surface area contributed by atoms with E-state index in [4.69, 9.17) is 17.3 Å². The molecule has 2 rings (SSSR count). The largest absolute Gasteiger partial charge is 0.416 e. The minimum atomic E-state index is -4.41. The fourth-order valence-corrected chi connectivity index (χ4v) is 2.15. The van der Waals surface area contributed by atoms with Crippen LogP contribution in [0, 0.1) is 6.92 Å². The number of nitrogen functional groups attached to an aromatic ring is 1. The summed E-state index contributed by atoms with van der Waals surface area (Å²) >= 11 is 5.83. The van der Waals surface area contributed by atoms with Gasteiger partial charge in [0.05, 0.1) is 5.56 Å². The van der Waals surface area contributed by atoms with Gasteiger partial charge in [0, 0.05) is 10.7 Å². The number of alkyl halides is 3. The first-order valence-electron chi connectivity index (χ1n) is 5.51. The third-order valence-electron chi connectivity index (χ3n) is 2.78. The summed E-state index contributed by atoms with van der Waals surface area (Å²) < 4.78 is 38.3. The first-order valence-corrected chi connectivity index (χ1v) is 5.89. The molecule has 0 aliphatic rings. The molecule has 19 heavy (non-hydrogen) atoms. The van der Waals surface area contributed by atoms with Crippen LogP contribution in [0.15, 0.2) is 36.4 Å². The second kappa shape index (κ2) is 4.78. The van der Waals surface area contributed by atoms with Gasteiger partial charge in [-0.1, -0.05) is 17.7 Å². The lowest BCUT2D eigenvalue weighted by Crippen LogP contribution is -2.06. The van der Waals surface area contributed by atoms with Crippen LogP contribution in [0.3, 0.4) is 0 Å². The highest BCUT2D eigenvalue weighted by Crippen LogP contribution is 2.35. The van der Waals surface area contributed by atoms with E-state index in [9.17, 15) is 13.2 Å². The fourth-order valence-electron chi connectivity index (χ4n) is 1.92. The fraction of sp³-hybridized carbons (Fsp3) is 0.143. The normalized spacial score (nSPS) is 11.6. The van der Waals surface area contributed by atoms with Crippen molar-refractivity contribution in [3.8, 4) is 11.1 Å². The lowest BCUT2D eigenvalue weighted by Gasteiger charge is -2.12. The van der Waals surface area contributed by atoms with Crippen molar-refractivity contribution < 1.29 is 13.2 Å². The third kappa shape index (κ3) is 3.01. The zero-order valence-electron chi connectivity index (χ0n) is 10.1. The van der Waals surface area contributed by atoms with Crippen molar-refractivity contribution in [2.75, 3.05) is 5.73 Å². The Balaban J connectivity index is 2.59. The van der Waals surface area contributed by atoms with E-state index in [-0.39, 0.29) is 5.69 Å². The summed E-state index contributed by atoms with van der Waals surface area (Å²) in [5.74, 6) is 0. The molecule has 0 saturated carbocycles. The molecule has 0 radical (unpaired) electrons. The van der Waals surface area contributed by atoms with Crippen LogP contribution in [0.5, 0.6) is 0 Å². The highest BCUT2D eigenvalue weighted by molar-refractivity contribution is 6.30. The molecule has 2 aromatic rings. The van der Waals surface area contributed by atoms with Gasteiger partial charge in [0.15, 0.2) is 0 Å². The molecule has 0 fully saturated rings. The van der Waals surface area contributed by atoms with Gasteiger partial charge in [-0.15, -0.1) is 0 Å². The number of aryl methyl sites for hydroxylation is 1. The Morgan fingerprint density at radius 2 is 1.74 bits per heavy atom. The molecule has 2 N–H and O–H groups in total. The Labute approximate surface area is 113 Å². The van der Waals surface area contributed by atoms with Crippen LogP contribution >= 0.6 is 11.6 Å². The molecule has 0 amide bonds. The molecule has 0 aliphatic carbocycles. The van der Waals surface area contributed by atoms with Crippen molar-refractivity contribution in [2.24, 2.45) is 0 Å². The third-order valence-corrected chi connectivity index (χ3v) is 3.02. The monoisotopic (exact) mass is 285 g/mol. The highest BCUT2D eigenvalue weighted by Gasteiger charge is 2.31. The van der Waals surface area contributed by atoms with E-state index in [1.807, 2.05) is 0 Å². The van der Waals surface area contributed by atoms with E-state index >= 15 is 0 Å². The van der Waals surface area contributed by atoms with E-state index in [0.29, 0.717) is 16.1 Å². The van der Waals surface area contributed by atoms with Gasteiger partial charge >= 0.3 is 6.18 Å². The van der Waals surface area contributed by atoms with Gasteiger partial charge in [-0.2, -0.15) is 13.2 Å². The maximum atomic E-state index is 12.8. The summed E-state index contributed by atoms with van der Waals surface area (Å²) in [6.07, 6.45) is -4.41. The van der Waals surface area contributed by atoms with Crippen molar-refractivity contribution in [3.63, 3.8) is 0 Å². The average Bonchev–Trinajstić information content (AvgIpc) is 2.26. The molecule has 0 unspecified atom stereocenters. The van der Waals surface area contributed by atoms with Gasteiger partial charge in [-0.3, -0.25) is 0 Å². The van der Waals surface area contributed by atoms with Gasteiger partial charge in [0.25, 0.3) is 0 Å². The van der Waals surface area contributed by atoms with Crippen LogP contribution < -0.4 is 5.73 Å². The molecule has 0 spiro atoms. The summed E-state index contributed by atoms with van der Waals surface area (Å²) in [7, 11) is 0. The van der Waals surface area contributed by atoms with Crippen molar-refractivity contribution in [1.29, 1.82) is 0 Å². The molecule has 0 bridgehead atoms. The van der Waals surface area contributed by atoms with E-state index in [2.05, 4.69) is 0 Å². The van der Waals surface area contributed by atoms with Gasteiger partial charge in [0.1, 0.15) is 0 Å². The second-order valence-corrected chi connectivity index (χ2v) is 4.74. The standard InChI is InChI=1S/C14H11ClF3N/c1-8-4-11(15)2-3-13(8)9-5-10(14(16,17)18)7-12(19)6-9/h2-7H,19H2,1H3. The lowest BCUT2D eigenvalue weighted by molar-refractivity contribution is -0.137. The number of nitrogens with two attached hydrogens (primary N) is 1. The van der Waals surface area contributed by atoms with Gasteiger partial charge in [-0.05, 0) is 53.9 Å². The predicted molar refractivity (Wildman–Crippen MR) is 71.0 cm³/mol. The molecule has 0 aromatic heterocycles. The zero-order chi connectivity index (χ0) is 14.2. The Bertz CT molecular complexity index is 621. The summed E-state index contributed by atoms with van der Waals surface area (Å²) in [5, 5.41) is 0.543. The number of anilines is 1. The smallest absolute Gasteiger partial charge is 0.399 e. The number of halogens is 4. The maximum Gasteiger partial charge on any atom is 0.416 e. The number of hydrogen-bond acceptors (Lipinski definition) is 1. The minimum Gasteiger partial charge on any atom is -0.399 e. The van der Waals surface area contributed by atoms with E-state index in [1.54, 1.807) is 25.1 Å². The minimum absolute atomic E-state index is 0.0826. The zero-order valence-corrected chi connectivity index (χ0v) is 10.8. The van der Waals surface area contributed by atoms with Crippen LogP contribution in [0.1, 0.15) is 11.1 Å². The van der Waals surface area contributed by atoms with Crippen molar-refractivity contribution in [2.45, 2.75) is 13.1 Å². The van der Waals surface area contributed by atoms with Crippen LogP contribution in [-0.4, -0.2) is 0 Å². The molecule has 5 heteroatoms. The summed E-state index contributed by atoms with van der Waals surface area (Å²) in [6, 6.07) is 8.56. The molecule has 0 atom stereocenters. The molecule has 100 valence electrons. The maximum absolute atomic E-state index is 12.8.